The zero-order chi connectivity index (χ0) is 30.1. The highest BCUT2D eigenvalue weighted by Gasteiger charge is 2.44. The van der Waals surface area contributed by atoms with Crippen LogP contribution < -0.4 is 9.47 Å². The molecule has 2 nitrogen and oxygen atoms in total. The first-order valence-electron chi connectivity index (χ1n) is 15.3. The molecule has 3 aliphatic carbocycles. The van der Waals surface area contributed by atoms with E-state index in [0.717, 1.165) is 42.2 Å². The van der Waals surface area contributed by atoms with Crippen LogP contribution in [0.25, 0.3) is 0 Å². The zero-order valence-electron chi connectivity index (χ0n) is 23.9. The van der Waals surface area contributed by atoms with Gasteiger partial charge in [-0.3, -0.25) is 0 Å². The second-order valence-corrected chi connectivity index (χ2v) is 12.8. The normalized spacial score (nSPS) is 29.2. The maximum atomic E-state index is 15.3. The van der Waals surface area contributed by atoms with Crippen LogP contribution in [0.1, 0.15) is 107 Å². The summed E-state index contributed by atoms with van der Waals surface area (Å²) in [6.07, 6.45) is 1.96. The van der Waals surface area contributed by atoms with E-state index in [1.165, 1.54) is 38.5 Å². The Morgan fingerprint density at radius 1 is 0.619 bits per heavy atom. The van der Waals surface area contributed by atoms with Gasteiger partial charge in [0.15, 0.2) is 11.6 Å². The lowest BCUT2D eigenvalue weighted by molar-refractivity contribution is -0.275. The summed E-state index contributed by atoms with van der Waals surface area (Å²) in [6, 6.07) is 7.33. The molecule has 0 aromatic heterocycles. The zero-order valence-corrected chi connectivity index (χ0v) is 23.9. The Balaban J connectivity index is 1.13. The lowest BCUT2D eigenvalue weighted by Gasteiger charge is -2.37. The monoisotopic (exact) mass is 600 g/mol. The van der Waals surface area contributed by atoms with Gasteiger partial charge in [-0.1, -0.05) is 31.9 Å². The van der Waals surface area contributed by atoms with Crippen LogP contribution in [-0.2, 0) is 0 Å². The van der Waals surface area contributed by atoms with Gasteiger partial charge in [0, 0.05) is 6.07 Å². The number of ether oxygens (including phenoxy) is 2. The van der Waals surface area contributed by atoms with E-state index in [0.29, 0.717) is 36.5 Å². The molecule has 3 aliphatic rings. The third kappa shape index (κ3) is 7.54. The molecule has 0 saturated heterocycles. The van der Waals surface area contributed by atoms with E-state index in [9.17, 15) is 26.3 Å². The van der Waals surface area contributed by atoms with Crippen LogP contribution in [-0.4, -0.2) is 12.5 Å². The average molecular weight is 601 g/mol. The van der Waals surface area contributed by atoms with Gasteiger partial charge in [-0.25, -0.2) is 8.78 Å². The molecule has 232 valence electrons. The molecule has 5 rings (SSSR count). The van der Waals surface area contributed by atoms with Gasteiger partial charge in [-0.05, 0) is 123 Å². The van der Waals surface area contributed by atoms with E-state index >= 15 is 4.39 Å². The van der Waals surface area contributed by atoms with E-state index in [-0.39, 0.29) is 24.6 Å². The molecule has 0 aliphatic heterocycles. The summed E-state index contributed by atoms with van der Waals surface area (Å²) in [5.74, 6) is -2.01. The van der Waals surface area contributed by atoms with Crippen molar-refractivity contribution in [2.75, 3.05) is 0 Å². The van der Waals surface area contributed by atoms with Crippen LogP contribution in [0, 0.1) is 35.3 Å². The van der Waals surface area contributed by atoms with E-state index in [4.69, 9.17) is 4.74 Å². The Bertz CT molecular complexity index is 1190. The number of hydrogen-bond acceptors (Lipinski definition) is 2. The van der Waals surface area contributed by atoms with Crippen molar-refractivity contribution in [3.63, 3.8) is 0 Å². The molecule has 9 heteroatoms. The van der Waals surface area contributed by atoms with E-state index in [1.807, 2.05) is 12.1 Å². The molecule has 0 atom stereocenters. The third-order valence-electron chi connectivity index (χ3n) is 10.0. The van der Waals surface area contributed by atoms with Gasteiger partial charge in [-0.2, -0.15) is 8.78 Å². The Kier molecular flexibility index (Phi) is 9.33. The number of benzene rings is 2. The maximum absolute atomic E-state index is 15.3. The molecule has 0 heterocycles. The Labute approximate surface area is 243 Å². The van der Waals surface area contributed by atoms with Crippen LogP contribution >= 0.6 is 0 Å². The van der Waals surface area contributed by atoms with Crippen molar-refractivity contribution in [1.82, 2.24) is 0 Å². The summed E-state index contributed by atoms with van der Waals surface area (Å²) in [6.45, 7) is 2.34. The van der Waals surface area contributed by atoms with Gasteiger partial charge in [0.1, 0.15) is 11.6 Å². The van der Waals surface area contributed by atoms with Crippen molar-refractivity contribution in [3.05, 3.63) is 59.2 Å². The van der Waals surface area contributed by atoms with Crippen LogP contribution in [0.5, 0.6) is 11.5 Å². The average Bonchev–Trinajstić information content (AvgIpc) is 2.94. The minimum absolute atomic E-state index is 0.0700. The molecule has 0 unspecified atom stereocenters. The van der Waals surface area contributed by atoms with Crippen molar-refractivity contribution in [1.29, 1.82) is 0 Å². The Morgan fingerprint density at radius 3 is 1.79 bits per heavy atom. The second kappa shape index (κ2) is 12.7. The van der Waals surface area contributed by atoms with Gasteiger partial charge in [0.2, 0.25) is 0 Å². The van der Waals surface area contributed by atoms with Gasteiger partial charge in [0.25, 0.3) is 0 Å². The quantitative estimate of drug-likeness (QED) is 0.294. The Morgan fingerprint density at radius 2 is 1.21 bits per heavy atom. The number of hydrogen-bond donors (Lipinski definition) is 0. The van der Waals surface area contributed by atoms with Gasteiger partial charge in [0.05, 0.1) is 5.92 Å². The van der Waals surface area contributed by atoms with Crippen molar-refractivity contribution >= 4 is 0 Å². The molecule has 2 aromatic rings. The predicted octanol–water partition coefficient (Wildman–Crippen LogP) is 10.9. The molecule has 0 N–H and O–H groups in total. The van der Waals surface area contributed by atoms with Crippen molar-refractivity contribution in [3.8, 4) is 11.5 Å². The highest BCUT2D eigenvalue weighted by molar-refractivity contribution is 5.34. The molecular weight excluding hydrogens is 561 g/mol. The molecule has 0 radical (unpaired) electrons. The molecule has 2 aromatic carbocycles. The fraction of sp³-hybridized carbons (Fsp3) is 0.636. The van der Waals surface area contributed by atoms with Crippen molar-refractivity contribution in [2.24, 2.45) is 23.7 Å². The SMILES string of the molecule is CC1CCC(C2CCC(c3ccc(C4CCC(C(F)(F)Oc5ccc(OC(F)(F)F)c(F)c5)CC4)c(F)c3)CC2)CC1. The predicted molar refractivity (Wildman–Crippen MR) is 146 cm³/mol. The molecule has 3 fully saturated rings. The van der Waals surface area contributed by atoms with E-state index in [2.05, 4.69) is 11.7 Å². The summed E-state index contributed by atoms with van der Waals surface area (Å²) in [5, 5.41) is 0. The highest BCUT2D eigenvalue weighted by Crippen LogP contribution is 2.46. The molecule has 0 spiro atoms. The lowest BCUT2D eigenvalue weighted by Crippen LogP contribution is -2.37. The first kappa shape index (κ1) is 31.0. The van der Waals surface area contributed by atoms with Crippen molar-refractivity contribution in [2.45, 2.75) is 108 Å². The van der Waals surface area contributed by atoms with E-state index in [1.54, 1.807) is 6.07 Å². The molecule has 3 saturated carbocycles. The van der Waals surface area contributed by atoms with Crippen LogP contribution in [0.3, 0.4) is 0 Å². The summed E-state index contributed by atoms with van der Waals surface area (Å²) in [4.78, 5) is 0. The number of halogens is 7. The first-order valence-corrected chi connectivity index (χ1v) is 15.3. The second-order valence-electron chi connectivity index (χ2n) is 12.8. The third-order valence-corrected chi connectivity index (χ3v) is 10.0. The minimum Gasteiger partial charge on any atom is -0.432 e. The van der Waals surface area contributed by atoms with Gasteiger partial charge >= 0.3 is 12.5 Å². The summed E-state index contributed by atoms with van der Waals surface area (Å²) in [7, 11) is 0. The molecule has 42 heavy (non-hydrogen) atoms. The maximum Gasteiger partial charge on any atom is 0.573 e. The molecule has 0 bridgehead atoms. The standard InChI is InChI=1S/C33H39F7O2/c1-20-2-4-21(5-3-20)22-6-8-23(9-7-22)25-12-16-28(29(34)18-25)24-10-13-26(14-11-24)32(36,37)41-27-15-17-31(30(35)19-27)42-33(38,39)40/h12,15-24,26H,2-11,13-14H2,1H3. The lowest BCUT2D eigenvalue weighted by atomic mass is 9.68. The Hall–Kier alpha value is -2.45. The van der Waals surface area contributed by atoms with Crippen LogP contribution in [0.4, 0.5) is 30.7 Å². The summed E-state index contributed by atoms with van der Waals surface area (Å²) in [5.41, 5.74) is 1.58. The largest absolute Gasteiger partial charge is 0.573 e. The molecular formula is C33H39F7O2. The fourth-order valence-corrected chi connectivity index (χ4v) is 7.54. The topological polar surface area (TPSA) is 18.5 Å². The van der Waals surface area contributed by atoms with Crippen LogP contribution in [0.15, 0.2) is 36.4 Å². The first-order chi connectivity index (χ1) is 19.9. The van der Waals surface area contributed by atoms with Gasteiger partial charge < -0.3 is 9.47 Å². The highest BCUT2D eigenvalue weighted by atomic mass is 19.4. The smallest absolute Gasteiger partial charge is 0.432 e. The number of rotatable bonds is 7. The van der Waals surface area contributed by atoms with E-state index < -0.39 is 35.7 Å². The fourth-order valence-electron chi connectivity index (χ4n) is 7.54. The summed E-state index contributed by atoms with van der Waals surface area (Å²) < 4.78 is 104. The minimum atomic E-state index is -5.11. The summed E-state index contributed by atoms with van der Waals surface area (Å²) >= 11 is 0. The van der Waals surface area contributed by atoms with Crippen molar-refractivity contribution < 1.29 is 40.2 Å². The number of alkyl halides is 5. The van der Waals surface area contributed by atoms with Gasteiger partial charge in [-0.15, -0.1) is 13.2 Å². The molecule has 0 amide bonds. The van der Waals surface area contributed by atoms with Crippen LogP contribution in [0.2, 0.25) is 0 Å².